The maximum absolute atomic E-state index is 11.9. The third-order valence-corrected chi connectivity index (χ3v) is 3.65. The number of nitrogens with two attached hydrogens (primary N) is 2. The Morgan fingerprint density at radius 3 is 2.40 bits per heavy atom. The normalized spacial score (nSPS) is 18.7. The van der Waals surface area contributed by atoms with Gasteiger partial charge in [0.1, 0.15) is 6.04 Å². The van der Waals surface area contributed by atoms with Gasteiger partial charge in [-0.15, -0.1) is 12.4 Å². The fraction of sp³-hybridized carbons (Fsp3) is 0.846. The Kier molecular flexibility index (Phi) is 9.54. The van der Waals surface area contributed by atoms with Gasteiger partial charge in [0.2, 0.25) is 11.8 Å². The molecule has 1 aliphatic rings. The summed E-state index contributed by atoms with van der Waals surface area (Å²) in [5, 5.41) is 2.86. The lowest BCUT2D eigenvalue weighted by atomic mass is 9.82. The van der Waals surface area contributed by atoms with E-state index in [0.717, 1.165) is 25.7 Å². The largest absolute Gasteiger partial charge is 0.383 e. The molecule has 1 aliphatic carbocycles. The summed E-state index contributed by atoms with van der Waals surface area (Å²) in [5.41, 5.74) is 10.9. The van der Waals surface area contributed by atoms with E-state index in [-0.39, 0.29) is 37.4 Å². The van der Waals surface area contributed by atoms with Crippen molar-refractivity contribution in [1.29, 1.82) is 0 Å². The molecule has 0 aromatic carbocycles. The summed E-state index contributed by atoms with van der Waals surface area (Å²) >= 11 is 0. The lowest BCUT2D eigenvalue weighted by Gasteiger charge is -2.31. The smallest absolute Gasteiger partial charge is 0.239 e. The SMILES string of the molecule is COCC(N)C(=O)NC(CC(N)=O)C1CCCCC1.Cl. The summed E-state index contributed by atoms with van der Waals surface area (Å²) in [6, 6.07) is -0.905. The first-order chi connectivity index (χ1) is 9.04. The molecule has 0 radical (unpaired) electrons. The first-order valence-electron chi connectivity index (χ1n) is 6.87. The molecule has 20 heavy (non-hydrogen) atoms. The monoisotopic (exact) mass is 307 g/mol. The van der Waals surface area contributed by atoms with Crippen molar-refractivity contribution >= 4 is 24.2 Å². The highest BCUT2D eigenvalue weighted by Crippen LogP contribution is 2.27. The van der Waals surface area contributed by atoms with Crippen molar-refractivity contribution in [2.75, 3.05) is 13.7 Å². The van der Waals surface area contributed by atoms with E-state index < -0.39 is 11.9 Å². The zero-order valence-electron chi connectivity index (χ0n) is 12.0. The lowest BCUT2D eigenvalue weighted by Crippen LogP contribution is -2.51. The van der Waals surface area contributed by atoms with Crippen LogP contribution in [-0.4, -0.2) is 37.6 Å². The van der Waals surface area contributed by atoms with E-state index in [4.69, 9.17) is 16.2 Å². The average Bonchev–Trinajstić information content (AvgIpc) is 2.38. The van der Waals surface area contributed by atoms with Gasteiger partial charge < -0.3 is 21.5 Å². The summed E-state index contributed by atoms with van der Waals surface area (Å²) in [7, 11) is 1.50. The van der Waals surface area contributed by atoms with Crippen LogP contribution in [0.2, 0.25) is 0 Å². The van der Waals surface area contributed by atoms with E-state index >= 15 is 0 Å². The first-order valence-corrected chi connectivity index (χ1v) is 6.87. The van der Waals surface area contributed by atoms with Crippen LogP contribution in [-0.2, 0) is 14.3 Å². The second-order valence-corrected chi connectivity index (χ2v) is 5.25. The molecule has 118 valence electrons. The second-order valence-electron chi connectivity index (χ2n) is 5.25. The Bertz CT molecular complexity index is 309. The van der Waals surface area contributed by atoms with Crippen LogP contribution in [0.4, 0.5) is 0 Å². The Morgan fingerprint density at radius 2 is 1.90 bits per heavy atom. The summed E-state index contributed by atoms with van der Waals surface area (Å²) in [4.78, 5) is 23.0. The molecule has 0 aliphatic heterocycles. The molecule has 1 saturated carbocycles. The number of hydrogen-bond donors (Lipinski definition) is 3. The van der Waals surface area contributed by atoms with Crippen LogP contribution in [0, 0.1) is 5.92 Å². The van der Waals surface area contributed by atoms with E-state index in [2.05, 4.69) is 5.32 Å². The highest BCUT2D eigenvalue weighted by molar-refractivity contribution is 5.85. The van der Waals surface area contributed by atoms with Crippen LogP contribution in [0.3, 0.4) is 0 Å². The molecule has 0 aromatic rings. The topological polar surface area (TPSA) is 107 Å². The van der Waals surface area contributed by atoms with Crippen LogP contribution in [0.5, 0.6) is 0 Å². The molecule has 6 nitrogen and oxygen atoms in total. The Hall–Kier alpha value is -0.850. The molecule has 7 heteroatoms. The summed E-state index contributed by atoms with van der Waals surface area (Å²) < 4.78 is 4.86. The molecule has 0 bridgehead atoms. The molecule has 2 unspecified atom stereocenters. The Labute approximate surface area is 126 Å². The quantitative estimate of drug-likeness (QED) is 0.629. The number of primary amides is 1. The minimum Gasteiger partial charge on any atom is -0.383 e. The number of nitrogens with one attached hydrogen (secondary N) is 1. The number of ether oxygens (including phenoxy) is 1. The van der Waals surface area contributed by atoms with Crippen molar-refractivity contribution in [2.24, 2.45) is 17.4 Å². The first kappa shape index (κ1) is 19.1. The van der Waals surface area contributed by atoms with Crippen molar-refractivity contribution in [2.45, 2.75) is 50.6 Å². The standard InChI is InChI=1S/C13H25N3O3.ClH/c1-19-8-10(14)13(18)16-11(7-12(15)17)9-5-3-2-4-6-9;/h9-11H,2-8,14H2,1H3,(H2,15,17)(H,16,18);1H. The van der Waals surface area contributed by atoms with Gasteiger partial charge in [-0.05, 0) is 18.8 Å². The third kappa shape index (κ3) is 6.54. The molecule has 2 amide bonds. The highest BCUT2D eigenvalue weighted by Gasteiger charge is 2.27. The van der Waals surface area contributed by atoms with E-state index in [1.807, 2.05) is 0 Å². The second kappa shape index (κ2) is 9.96. The van der Waals surface area contributed by atoms with Gasteiger partial charge in [0.25, 0.3) is 0 Å². The summed E-state index contributed by atoms with van der Waals surface area (Å²) in [6.45, 7) is 0.166. The molecule has 0 heterocycles. The molecular formula is C13H26ClN3O3. The van der Waals surface area contributed by atoms with Crippen molar-refractivity contribution < 1.29 is 14.3 Å². The number of halogens is 1. The van der Waals surface area contributed by atoms with Crippen LogP contribution in [0.25, 0.3) is 0 Å². The number of methoxy groups -OCH3 is 1. The zero-order valence-corrected chi connectivity index (χ0v) is 12.8. The van der Waals surface area contributed by atoms with E-state index in [1.54, 1.807) is 0 Å². The van der Waals surface area contributed by atoms with Gasteiger partial charge in [0.05, 0.1) is 6.61 Å². The van der Waals surface area contributed by atoms with Crippen molar-refractivity contribution in [3.05, 3.63) is 0 Å². The van der Waals surface area contributed by atoms with Gasteiger partial charge in [-0.1, -0.05) is 19.3 Å². The fourth-order valence-corrected chi connectivity index (χ4v) is 2.63. The van der Waals surface area contributed by atoms with Crippen LogP contribution in [0.15, 0.2) is 0 Å². The van der Waals surface area contributed by atoms with Crippen LogP contribution in [0.1, 0.15) is 38.5 Å². The molecule has 0 saturated heterocycles. The van der Waals surface area contributed by atoms with Gasteiger partial charge in [0, 0.05) is 19.6 Å². The minimum absolute atomic E-state index is 0. The number of carbonyl (C=O) groups is 2. The van der Waals surface area contributed by atoms with Gasteiger partial charge in [0.15, 0.2) is 0 Å². The van der Waals surface area contributed by atoms with Gasteiger partial charge in [-0.2, -0.15) is 0 Å². The number of amides is 2. The van der Waals surface area contributed by atoms with E-state index in [9.17, 15) is 9.59 Å². The molecular weight excluding hydrogens is 282 g/mol. The summed E-state index contributed by atoms with van der Waals surface area (Å²) in [6.07, 6.45) is 5.72. The van der Waals surface area contributed by atoms with Crippen LogP contribution < -0.4 is 16.8 Å². The van der Waals surface area contributed by atoms with Gasteiger partial charge in [-0.25, -0.2) is 0 Å². The molecule has 5 N–H and O–H groups in total. The molecule has 2 atom stereocenters. The van der Waals surface area contributed by atoms with Crippen molar-refractivity contribution in [3.63, 3.8) is 0 Å². The maximum Gasteiger partial charge on any atom is 0.239 e. The van der Waals surface area contributed by atoms with Gasteiger partial charge in [-0.3, -0.25) is 9.59 Å². The van der Waals surface area contributed by atoms with Crippen molar-refractivity contribution in [3.8, 4) is 0 Å². The van der Waals surface area contributed by atoms with Crippen LogP contribution >= 0.6 is 12.4 Å². The predicted octanol–water partition coefficient (Wildman–Crippen LogP) is 0.322. The predicted molar refractivity (Wildman–Crippen MR) is 79.4 cm³/mol. The van der Waals surface area contributed by atoms with Crippen molar-refractivity contribution in [1.82, 2.24) is 5.32 Å². The van der Waals surface area contributed by atoms with Gasteiger partial charge >= 0.3 is 0 Å². The molecule has 0 spiro atoms. The zero-order chi connectivity index (χ0) is 14.3. The molecule has 1 fully saturated rings. The fourth-order valence-electron chi connectivity index (χ4n) is 2.63. The van der Waals surface area contributed by atoms with E-state index in [1.165, 1.54) is 13.5 Å². The number of carbonyl (C=O) groups excluding carboxylic acids is 2. The Morgan fingerprint density at radius 1 is 1.30 bits per heavy atom. The molecule has 0 aromatic heterocycles. The average molecular weight is 308 g/mol. The maximum atomic E-state index is 11.9. The minimum atomic E-state index is -0.705. The Balaban J connectivity index is 0.00000361. The number of rotatable bonds is 7. The lowest BCUT2D eigenvalue weighted by molar-refractivity contribution is -0.125. The highest BCUT2D eigenvalue weighted by atomic mass is 35.5. The molecule has 1 rings (SSSR count). The number of hydrogen-bond acceptors (Lipinski definition) is 4. The van der Waals surface area contributed by atoms with E-state index in [0.29, 0.717) is 5.92 Å². The third-order valence-electron chi connectivity index (χ3n) is 3.65. The summed E-state index contributed by atoms with van der Waals surface area (Å²) in [5.74, 6) is -0.352.